The highest BCUT2D eigenvalue weighted by Crippen LogP contribution is 2.33. The van der Waals surface area contributed by atoms with Gasteiger partial charge < -0.3 is 18.9 Å². The largest absolute Gasteiger partial charge is 0.462 e. The molecule has 8 heteroatoms. The van der Waals surface area contributed by atoms with Gasteiger partial charge in [0.05, 0.1) is 11.8 Å². The van der Waals surface area contributed by atoms with Gasteiger partial charge >= 0.3 is 23.9 Å². The Balaban J connectivity index is 1.32. The zero-order valence-electron chi connectivity index (χ0n) is 20.7. The van der Waals surface area contributed by atoms with Gasteiger partial charge in [-0.25, -0.2) is 9.59 Å². The van der Waals surface area contributed by atoms with Crippen LogP contribution in [0.15, 0.2) is 24.8 Å². The molecule has 194 valence electrons. The maximum Gasteiger partial charge on any atom is 0.333 e. The molecule has 0 aliphatic heterocycles. The second-order valence-electron chi connectivity index (χ2n) is 10.0. The summed E-state index contributed by atoms with van der Waals surface area (Å²) in [6.07, 6.45) is 8.47. The van der Waals surface area contributed by atoms with E-state index in [9.17, 15) is 19.2 Å². The van der Waals surface area contributed by atoms with Gasteiger partial charge in [-0.2, -0.15) is 0 Å². The van der Waals surface area contributed by atoms with Gasteiger partial charge in [0, 0.05) is 11.6 Å². The Labute approximate surface area is 207 Å². The fraction of sp³-hybridized carbons (Fsp3) is 0.704. The Morgan fingerprint density at radius 1 is 0.600 bits per heavy atom. The zero-order chi connectivity index (χ0) is 25.4. The van der Waals surface area contributed by atoms with Gasteiger partial charge in [-0.3, -0.25) is 9.59 Å². The lowest BCUT2D eigenvalue weighted by molar-refractivity contribution is -0.165. The molecule has 0 saturated heterocycles. The van der Waals surface area contributed by atoms with Gasteiger partial charge in [0.15, 0.2) is 0 Å². The van der Waals surface area contributed by atoms with Gasteiger partial charge in [-0.15, -0.1) is 0 Å². The van der Waals surface area contributed by atoms with Gasteiger partial charge in [0.2, 0.25) is 0 Å². The van der Waals surface area contributed by atoms with Gasteiger partial charge in [0.25, 0.3) is 0 Å². The minimum Gasteiger partial charge on any atom is -0.462 e. The van der Waals surface area contributed by atoms with Crippen molar-refractivity contribution >= 4 is 23.9 Å². The topological polar surface area (TPSA) is 105 Å². The van der Waals surface area contributed by atoms with Crippen LogP contribution in [0.5, 0.6) is 0 Å². The van der Waals surface area contributed by atoms with Gasteiger partial charge in [-0.1, -0.05) is 13.2 Å². The normalized spacial score (nSPS) is 30.9. The lowest BCUT2D eigenvalue weighted by Crippen LogP contribution is -2.35. The molecule has 0 bridgehead atoms. The highest BCUT2D eigenvalue weighted by Gasteiger charge is 2.35. The number of esters is 4. The van der Waals surface area contributed by atoms with Crippen molar-refractivity contribution in [3.8, 4) is 0 Å². The van der Waals surface area contributed by atoms with Crippen molar-refractivity contribution in [1.29, 1.82) is 0 Å². The Bertz CT molecular complexity index is 794. The van der Waals surface area contributed by atoms with E-state index in [1.165, 1.54) is 0 Å². The van der Waals surface area contributed by atoms with Crippen LogP contribution in [-0.4, -0.2) is 48.3 Å². The number of ether oxygens (including phenoxy) is 4. The van der Waals surface area contributed by atoms with Crippen LogP contribution in [-0.2, 0) is 38.1 Å². The van der Waals surface area contributed by atoms with Gasteiger partial charge in [0.1, 0.15) is 24.4 Å². The minimum absolute atomic E-state index is 0.140. The number of rotatable bonds is 8. The van der Waals surface area contributed by atoms with Crippen molar-refractivity contribution < 1.29 is 38.1 Å². The minimum atomic E-state index is -0.419. The molecule has 3 aliphatic carbocycles. The van der Waals surface area contributed by atoms with Crippen LogP contribution < -0.4 is 0 Å². The van der Waals surface area contributed by atoms with Crippen LogP contribution in [0.25, 0.3) is 0 Å². The maximum atomic E-state index is 12.7. The van der Waals surface area contributed by atoms with Crippen molar-refractivity contribution in [2.45, 2.75) is 108 Å². The van der Waals surface area contributed by atoms with Gasteiger partial charge in [-0.05, 0) is 84.0 Å². The summed E-state index contributed by atoms with van der Waals surface area (Å²) in [5.74, 6) is -1.54. The molecule has 3 saturated carbocycles. The molecule has 3 rings (SSSR count). The van der Waals surface area contributed by atoms with E-state index in [2.05, 4.69) is 13.2 Å². The monoisotopic (exact) mass is 490 g/mol. The highest BCUT2D eigenvalue weighted by atomic mass is 16.6. The summed E-state index contributed by atoms with van der Waals surface area (Å²) in [6.45, 7) is 8.62. The number of carbonyl (C=O) groups is 4. The quantitative estimate of drug-likeness (QED) is 0.281. The van der Waals surface area contributed by atoms with Crippen LogP contribution in [0, 0.1) is 11.8 Å². The Hall–Kier alpha value is -2.64. The number of hydrogen-bond acceptors (Lipinski definition) is 8. The molecular weight excluding hydrogens is 452 g/mol. The SMILES string of the molecule is C=CC(=O)OC1CCC(OC(=O)C2CCC(C(=O)OC3CCC(OC(=O)C(=C)C)CC3)CC2)CC1. The molecule has 0 aromatic heterocycles. The van der Waals surface area contributed by atoms with E-state index in [1.54, 1.807) is 6.92 Å². The molecule has 0 aromatic carbocycles. The van der Waals surface area contributed by atoms with E-state index in [4.69, 9.17) is 18.9 Å². The molecule has 3 fully saturated rings. The van der Waals surface area contributed by atoms with Crippen LogP contribution in [0.1, 0.15) is 84.0 Å². The zero-order valence-corrected chi connectivity index (χ0v) is 20.7. The summed E-state index contributed by atoms with van der Waals surface area (Å²) in [6, 6.07) is 0. The Morgan fingerprint density at radius 2 is 0.943 bits per heavy atom. The first-order chi connectivity index (χ1) is 16.7. The molecule has 0 atom stereocenters. The average Bonchev–Trinajstić information content (AvgIpc) is 2.86. The summed E-state index contributed by atoms with van der Waals surface area (Å²) in [5.41, 5.74) is 0.386. The van der Waals surface area contributed by atoms with Crippen molar-refractivity contribution in [2.24, 2.45) is 11.8 Å². The fourth-order valence-corrected chi connectivity index (χ4v) is 5.09. The summed E-state index contributed by atoms with van der Waals surface area (Å²) >= 11 is 0. The van der Waals surface area contributed by atoms with Crippen molar-refractivity contribution in [2.75, 3.05) is 0 Å². The van der Waals surface area contributed by atoms with E-state index in [0.717, 1.165) is 6.08 Å². The first-order valence-corrected chi connectivity index (χ1v) is 12.9. The third-order valence-corrected chi connectivity index (χ3v) is 7.27. The lowest BCUT2D eigenvalue weighted by Gasteiger charge is -2.32. The average molecular weight is 491 g/mol. The smallest absolute Gasteiger partial charge is 0.333 e. The van der Waals surface area contributed by atoms with E-state index in [1.807, 2.05) is 0 Å². The summed E-state index contributed by atoms with van der Waals surface area (Å²) in [7, 11) is 0. The summed E-state index contributed by atoms with van der Waals surface area (Å²) in [4.78, 5) is 48.3. The Morgan fingerprint density at radius 3 is 1.29 bits per heavy atom. The maximum absolute atomic E-state index is 12.7. The molecule has 0 heterocycles. The van der Waals surface area contributed by atoms with Crippen LogP contribution in [0.4, 0.5) is 0 Å². The van der Waals surface area contributed by atoms with E-state index < -0.39 is 5.97 Å². The summed E-state index contributed by atoms with van der Waals surface area (Å²) in [5, 5.41) is 0. The lowest BCUT2D eigenvalue weighted by atomic mass is 9.82. The second kappa shape index (κ2) is 12.9. The first kappa shape index (κ1) is 27.0. The molecule has 8 nitrogen and oxygen atoms in total. The van der Waals surface area contributed by atoms with Crippen molar-refractivity contribution in [3.05, 3.63) is 24.8 Å². The first-order valence-electron chi connectivity index (χ1n) is 12.9. The van der Waals surface area contributed by atoms with Crippen molar-refractivity contribution in [1.82, 2.24) is 0 Å². The second-order valence-corrected chi connectivity index (χ2v) is 10.0. The van der Waals surface area contributed by atoms with Crippen molar-refractivity contribution in [3.63, 3.8) is 0 Å². The van der Waals surface area contributed by atoms with E-state index in [-0.39, 0.29) is 54.2 Å². The molecule has 0 radical (unpaired) electrons. The molecule has 0 N–H and O–H groups in total. The summed E-state index contributed by atoms with van der Waals surface area (Å²) < 4.78 is 22.1. The van der Waals surface area contributed by atoms with Crippen LogP contribution in [0.2, 0.25) is 0 Å². The molecule has 0 aromatic rings. The molecule has 0 unspecified atom stereocenters. The standard InChI is InChI=1S/C27H38O8/c1-4-24(28)32-20-9-11-22(12-10-20)34-26(30)18-5-7-19(8-6-18)27(31)35-23-15-13-21(14-16-23)33-25(29)17(2)3/h4,18-23H,1-2,5-16H2,3H3. The number of carbonyl (C=O) groups excluding carboxylic acids is 4. The molecule has 0 spiro atoms. The van der Waals surface area contributed by atoms with E-state index in [0.29, 0.717) is 82.6 Å². The predicted octanol–water partition coefficient (Wildman–Crippen LogP) is 4.35. The Kier molecular flexibility index (Phi) is 9.93. The fourth-order valence-electron chi connectivity index (χ4n) is 5.09. The molecule has 3 aliphatic rings. The molecular formula is C27H38O8. The van der Waals surface area contributed by atoms with Crippen LogP contribution in [0.3, 0.4) is 0 Å². The predicted molar refractivity (Wildman–Crippen MR) is 127 cm³/mol. The third-order valence-electron chi connectivity index (χ3n) is 7.27. The molecule has 0 amide bonds. The van der Waals surface area contributed by atoms with Crippen LogP contribution >= 0.6 is 0 Å². The highest BCUT2D eigenvalue weighted by molar-refractivity contribution is 5.87. The van der Waals surface area contributed by atoms with E-state index >= 15 is 0 Å². The third kappa shape index (κ3) is 8.22. The number of hydrogen-bond donors (Lipinski definition) is 0. The molecule has 35 heavy (non-hydrogen) atoms.